The zero-order chi connectivity index (χ0) is 17.1. The lowest BCUT2D eigenvalue weighted by atomic mass is 10.3. The standard InChI is InChI=1S/C15H14ClFN4O3/c16-12-9-13(24-11-3-1-10(17)2-4-11)19-14(18-12)20-5-7-21(8-6-20)15(22)23/h1-4,9H,5-8H2,(H,22,23). The van der Waals surface area contributed by atoms with Crippen molar-refractivity contribution in [2.45, 2.75) is 0 Å². The third-order valence-electron chi connectivity index (χ3n) is 3.53. The van der Waals surface area contributed by atoms with Gasteiger partial charge in [0.25, 0.3) is 0 Å². The first-order valence-corrected chi connectivity index (χ1v) is 7.60. The SMILES string of the molecule is O=C(O)N1CCN(c2nc(Cl)cc(Oc3ccc(F)cc3)n2)CC1. The maximum Gasteiger partial charge on any atom is 0.407 e. The molecule has 0 unspecified atom stereocenters. The summed E-state index contributed by atoms with van der Waals surface area (Å²) in [6.07, 6.45) is -0.943. The van der Waals surface area contributed by atoms with E-state index in [9.17, 15) is 9.18 Å². The van der Waals surface area contributed by atoms with Crippen LogP contribution in [-0.2, 0) is 0 Å². The average molecular weight is 353 g/mol. The predicted molar refractivity (Wildman–Crippen MR) is 85.3 cm³/mol. The molecule has 1 saturated heterocycles. The molecule has 0 aliphatic carbocycles. The van der Waals surface area contributed by atoms with Crippen molar-refractivity contribution in [3.05, 3.63) is 41.3 Å². The Labute approximate surface area is 142 Å². The molecule has 0 bridgehead atoms. The van der Waals surface area contributed by atoms with E-state index in [-0.39, 0.29) is 16.9 Å². The van der Waals surface area contributed by atoms with Crippen LogP contribution in [0.15, 0.2) is 30.3 Å². The molecule has 1 fully saturated rings. The molecule has 1 aromatic heterocycles. The molecule has 7 nitrogen and oxygen atoms in total. The van der Waals surface area contributed by atoms with Gasteiger partial charge in [0.2, 0.25) is 11.8 Å². The number of carbonyl (C=O) groups is 1. The van der Waals surface area contributed by atoms with E-state index in [0.717, 1.165) is 0 Å². The number of amides is 1. The lowest BCUT2D eigenvalue weighted by Gasteiger charge is -2.33. The fourth-order valence-electron chi connectivity index (χ4n) is 2.30. The number of hydrogen-bond donors (Lipinski definition) is 1. The second-order valence-electron chi connectivity index (χ2n) is 5.14. The topological polar surface area (TPSA) is 78.8 Å². The summed E-state index contributed by atoms with van der Waals surface area (Å²) in [5, 5.41) is 9.18. The van der Waals surface area contributed by atoms with Gasteiger partial charge in [-0.3, -0.25) is 0 Å². The van der Waals surface area contributed by atoms with Crippen LogP contribution >= 0.6 is 11.6 Å². The van der Waals surface area contributed by atoms with Crippen LogP contribution in [0.4, 0.5) is 15.1 Å². The second-order valence-corrected chi connectivity index (χ2v) is 5.53. The first kappa shape index (κ1) is 16.3. The fourth-order valence-corrected chi connectivity index (χ4v) is 2.47. The number of benzene rings is 1. The van der Waals surface area contributed by atoms with Crippen molar-refractivity contribution in [2.75, 3.05) is 31.1 Å². The summed E-state index contributed by atoms with van der Waals surface area (Å²) in [6.45, 7) is 1.64. The summed E-state index contributed by atoms with van der Waals surface area (Å²) in [5.74, 6) is 0.662. The average Bonchev–Trinajstić information content (AvgIpc) is 2.56. The second kappa shape index (κ2) is 6.88. The largest absolute Gasteiger partial charge is 0.465 e. The molecule has 126 valence electrons. The molecular weight excluding hydrogens is 339 g/mol. The van der Waals surface area contributed by atoms with Crippen LogP contribution in [-0.4, -0.2) is 52.2 Å². The van der Waals surface area contributed by atoms with E-state index in [1.54, 1.807) is 0 Å². The van der Waals surface area contributed by atoms with Crippen molar-refractivity contribution >= 4 is 23.6 Å². The van der Waals surface area contributed by atoms with Crippen LogP contribution in [0.1, 0.15) is 0 Å². The van der Waals surface area contributed by atoms with Gasteiger partial charge in [-0.2, -0.15) is 4.98 Å². The normalized spacial score (nSPS) is 14.6. The number of carboxylic acid groups (broad SMARTS) is 1. The number of halogens is 2. The van der Waals surface area contributed by atoms with Crippen molar-refractivity contribution in [1.29, 1.82) is 0 Å². The monoisotopic (exact) mass is 352 g/mol. The van der Waals surface area contributed by atoms with Crippen molar-refractivity contribution in [1.82, 2.24) is 14.9 Å². The lowest BCUT2D eigenvalue weighted by molar-refractivity contribution is 0.142. The Hall–Kier alpha value is -2.61. The summed E-state index contributed by atoms with van der Waals surface area (Å²) in [6, 6.07) is 6.99. The van der Waals surface area contributed by atoms with E-state index in [1.807, 2.05) is 4.90 Å². The first-order chi connectivity index (χ1) is 11.5. The van der Waals surface area contributed by atoms with Gasteiger partial charge in [0.1, 0.15) is 16.7 Å². The molecule has 2 aromatic rings. The smallest absolute Gasteiger partial charge is 0.407 e. The quantitative estimate of drug-likeness (QED) is 0.856. The van der Waals surface area contributed by atoms with E-state index >= 15 is 0 Å². The Morgan fingerprint density at radius 2 is 1.83 bits per heavy atom. The summed E-state index contributed by atoms with van der Waals surface area (Å²) in [7, 11) is 0. The van der Waals surface area contributed by atoms with Gasteiger partial charge in [-0.05, 0) is 24.3 Å². The molecule has 2 heterocycles. The molecule has 0 spiro atoms. The van der Waals surface area contributed by atoms with Gasteiger partial charge in [0.05, 0.1) is 0 Å². The van der Waals surface area contributed by atoms with E-state index in [4.69, 9.17) is 21.4 Å². The number of hydrogen-bond acceptors (Lipinski definition) is 5. The van der Waals surface area contributed by atoms with Crippen LogP contribution in [0, 0.1) is 5.82 Å². The third kappa shape index (κ3) is 3.83. The molecule has 1 aliphatic heterocycles. The van der Waals surface area contributed by atoms with Crippen molar-refractivity contribution in [3.63, 3.8) is 0 Å². The van der Waals surface area contributed by atoms with Crippen LogP contribution in [0.3, 0.4) is 0 Å². The summed E-state index contributed by atoms with van der Waals surface area (Å²) in [4.78, 5) is 22.6. The van der Waals surface area contributed by atoms with E-state index in [1.165, 1.54) is 35.2 Å². The molecule has 0 radical (unpaired) electrons. The van der Waals surface area contributed by atoms with Crippen molar-refractivity contribution in [2.24, 2.45) is 0 Å². The van der Waals surface area contributed by atoms with Crippen molar-refractivity contribution in [3.8, 4) is 11.6 Å². The Morgan fingerprint density at radius 3 is 2.46 bits per heavy atom. The summed E-state index contributed by atoms with van der Waals surface area (Å²) >= 11 is 6.02. The van der Waals surface area contributed by atoms with E-state index in [2.05, 4.69) is 9.97 Å². The minimum Gasteiger partial charge on any atom is -0.465 e. The maximum atomic E-state index is 12.9. The van der Waals surface area contributed by atoms with Gasteiger partial charge >= 0.3 is 6.09 Å². The Bertz CT molecular complexity index is 736. The van der Waals surface area contributed by atoms with E-state index in [0.29, 0.717) is 37.9 Å². The van der Waals surface area contributed by atoms with Gasteiger partial charge in [-0.15, -0.1) is 0 Å². The number of piperazine rings is 1. The highest BCUT2D eigenvalue weighted by Gasteiger charge is 2.22. The minimum atomic E-state index is -0.943. The Balaban J connectivity index is 1.74. The predicted octanol–water partition coefficient (Wildman–Crippen LogP) is 2.86. The molecule has 3 rings (SSSR count). The van der Waals surface area contributed by atoms with Gasteiger partial charge in [-0.25, -0.2) is 14.2 Å². The van der Waals surface area contributed by atoms with Crippen molar-refractivity contribution < 1.29 is 19.0 Å². The number of rotatable bonds is 3. The van der Waals surface area contributed by atoms with Gasteiger partial charge < -0.3 is 19.6 Å². The molecule has 0 saturated carbocycles. The number of anilines is 1. The molecule has 0 atom stereocenters. The first-order valence-electron chi connectivity index (χ1n) is 7.22. The zero-order valence-corrected chi connectivity index (χ0v) is 13.3. The fraction of sp³-hybridized carbons (Fsp3) is 0.267. The summed E-state index contributed by atoms with van der Waals surface area (Å²) in [5.41, 5.74) is 0. The van der Waals surface area contributed by atoms with Crippen LogP contribution < -0.4 is 9.64 Å². The molecule has 24 heavy (non-hydrogen) atoms. The third-order valence-corrected chi connectivity index (χ3v) is 3.72. The molecule has 1 amide bonds. The molecule has 1 aromatic carbocycles. The van der Waals surface area contributed by atoms with Crippen LogP contribution in [0.2, 0.25) is 5.15 Å². The highest BCUT2D eigenvalue weighted by atomic mass is 35.5. The Morgan fingerprint density at radius 1 is 1.17 bits per heavy atom. The van der Waals surface area contributed by atoms with Gasteiger partial charge in [-0.1, -0.05) is 11.6 Å². The number of nitrogens with zero attached hydrogens (tertiary/aromatic N) is 4. The molecular formula is C15H14ClFN4O3. The van der Waals surface area contributed by atoms with Crippen LogP contribution in [0.5, 0.6) is 11.6 Å². The molecule has 1 N–H and O–H groups in total. The number of ether oxygens (including phenoxy) is 1. The summed E-state index contributed by atoms with van der Waals surface area (Å²) < 4.78 is 18.5. The van der Waals surface area contributed by atoms with E-state index < -0.39 is 6.09 Å². The zero-order valence-electron chi connectivity index (χ0n) is 12.5. The maximum absolute atomic E-state index is 12.9. The van der Waals surface area contributed by atoms with Gasteiger partial charge in [0, 0.05) is 32.2 Å². The molecule has 9 heteroatoms. The highest BCUT2D eigenvalue weighted by Crippen LogP contribution is 2.25. The highest BCUT2D eigenvalue weighted by molar-refractivity contribution is 6.29. The minimum absolute atomic E-state index is 0.206. The van der Waals surface area contributed by atoms with Crippen LogP contribution in [0.25, 0.3) is 0 Å². The molecule has 1 aliphatic rings. The van der Waals surface area contributed by atoms with Gasteiger partial charge in [0.15, 0.2) is 0 Å². The number of aromatic nitrogens is 2. The Kier molecular flexibility index (Phi) is 4.66. The lowest BCUT2D eigenvalue weighted by Crippen LogP contribution is -2.48.